The zero-order valence-corrected chi connectivity index (χ0v) is 16.5. The summed E-state index contributed by atoms with van der Waals surface area (Å²) in [7, 11) is 0. The quantitative estimate of drug-likeness (QED) is 0.272. The summed E-state index contributed by atoms with van der Waals surface area (Å²) in [6.07, 6.45) is 0.944. The van der Waals surface area contributed by atoms with E-state index in [2.05, 4.69) is 94.8 Å². The van der Waals surface area contributed by atoms with E-state index in [9.17, 15) is 4.79 Å². The zero-order valence-electron chi connectivity index (χ0n) is 14.9. The minimum absolute atomic E-state index is 0.388. The number of aldehydes is 1. The van der Waals surface area contributed by atoms with Gasteiger partial charge in [-0.05, 0) is 62.7 Å². The molecular weight excluding hydrogens is 408 g/mol. The Kier molecular flexibility index (Phi) is 3.16. The highest BCUT2D eigenvalue weighted by molar-refractivity contribution is 9.10. The molecule has 2 aliphatic rings. The second kappa shape index (κ2) is 5.52. The number of fused-ring (bicyclic) bond motifs is 10. The van der Waals surface area contributed by atoms with Crippen molar-refractivity contribution in [3.8, 4) is 22.3 Å². The Hall–Kier alpha value is -2.97. The van der Waals surface area contributed by atoms with Crippen LogP contribution >= 0.6 is 15.9 Å². The van der Waals surface area contributed by atoms with Gasteiger partial charge in [0.05, 0.1) is 5.41 Å². The Bertz CT molecular complexity index is 1260. The van der Waals surface area contributed by atoms with Crippen molar-refractivity contribution in [1.29, 1.82) is 0 Å². The molecule has 0 radical (unpaired) electrons. The number of carbonyl (C=O) groups excluding carboxylic acids is 1. The topological polar surface area (TPSA) is 17.1 Å². The Morgan fingerprint density at radius 2 is 1.14 bits per heavy atom. The Morgan fingerprint density at radius 3 is 1.79 bits per heavy atom. The molecule has 0 aromatic heterocycles. The van der Waals surface area contributed by atoms with E-state index < -0.39 is 0 Å². The van der Waals surface area contributed by atoms with Gasteiger partial charge in [0.2, 0.25) is 0 Å². The van der Waals surface area contributed by atoms with E-state index in [1.54, 1.807) is 0 Å². The van der Waals surface area contributed by atoms with Gasteiger partial charge < -0.3 is 0 Å². The molecule has 2 heteroatoms. The van der Waals surface area contributed by atoms with Crippen LogP contribution in [0.15, 0.2) is 89.4 Å². The van der Waals surface area contributed by atoms with E-state index in [0.29, 0.717) is 5.56 Å². The lowest BCUT2D eigenvalue weighted by atomic mass is 9.70. The smallest absolute Gasteiger partial charge is 0.150 e. The van der Waals surface area contributed by atoms with Crippen LogP contribution in [0.25, 0.3) is 22.3 Å². The van der Waals surface area contributed by atoms with Crippen molar-refractivity contribution in [3.63, 3.8) is 0 Å². The van der Waals surface area contributed by atoms with Crippen LogP contribution in [0.1, 0.15) is 32.6 Å². The van der Waals surface area contributed by atoms with Crippen molar-refractivity contribution in [2.24, 2.45) is 0 Å². The largest absolute Gasteiger partial charge is 0.298 e. The van der Waals surface area contributed by atoms with E-state index in [1.807, 2.05) is 6.07 Å². The minimum atomic E-state index is -0.388. The van der Waals surface area contributed by atoms with Gasteiger partial charge in [0.1, 0.15) is 6.29 Å². The third-order valence-electron chi connectivity index (χ3n) is 6.21. The predicted molar refractivity (Wildman–Crippen MR) is 116 cm³/mol. The summed E-state index contributed by atoms with van der Waals surface area (Å²) in [5.74, 6) is 0. The summed E-state index contributed by atoms with van der Waals surface area (Å²) in [6.45, 7) is 0. The molecule has 4 aromatic carbocycles. The molecule has 0 fully saturated rings. The lowest BCUT2D eigenvalue weighted by Gasteiger charge is -2.30. The maximum atomic E-state index is 11.6. The molecule has 0 saturated carbocycles. The Labute approximate surface area is 171 Å². The van der Waals surface area contributed by atoms with Gasteiger partial charge in [-0.2, -0.15) is 0 Å². The van der Waals surface area contributed by atoms with Crippen molar-refractivity contribution < 1.29 is 4.79 Å². The number of benzene rings is 4. The van der Waals surface area contributed by atoms with Crippen LogP contribution < -0.4 is 0 Å². The molecule has 0 aliphatic heterocycles. The summed E-state index contributed by atoms with van der Waals surface area (Å²) >= 11 is 3.69. The molecule has 132 valence electrons. The molecule has 0 unspecified atom stereocenters. The van der Waals surface area contributed by atoms with Crippen LogP contribution in [0.2, 0.25) is 0 Å². The molecule has 1 spiro atoms. The molecular formula is C26H15BrO. The number of rotatable bonds is 1. The van der Waals surface area contributed by atoms with Gasteiger partial charge in [0.25, 0.3) is 0 Å². The molecule has 0 bridgehead atoms. The second-order valence-electron chi connectivity index (χ2n) is 7.45. The first kappa shape index (κ1) is 16.0. The molecule has 0 heterocycles. The minimum Gasteiger partial charge on any atom is -0.298 e. The average molecular weight is 423 g/mol. The molecule has 0 atom stereocenters. The fourth-order valence-electron chi connectivity index (χ4n) is 5.20. The van der Waals surface area contributed by atoms with Gasteiger partial charge in [0.15, 0.2) is 0 Å². The second-order valence-corrected chi connectivity index (χ2v) is 8.37. The molecule has 4 aromatic rings. The molecule has 0 N–H and O–H groups in total. The predicted octanol–water partition coefficient (Wildman–Crippen LogP) is 6.61. The fourth-order valence-corrected chi connectivity index (χ4v) is 5.56. The first-order valence-electron chi connectivity index (χ1n) is 9.34. The van der Waals surface area contributed by atoms with Crippen LogP contribution in [0, 0.1) is 0 Å². The summed E-state index contributed by atoms with van der Waals surface area (Å²) in [5.41, 5.74) is 10.4. The summed E-state index contributed by atoms with van der Waals surface area (Å²) < 4.78 is 1.07. The van der Waals surface area contributed by atoms with E-state index >= 15 is 0 Å². The van der Waals surface area contributed by atoms with Gasteiger partial charge in [-0.25, -0.2) is 0 Å². The third-order valence-corrected chi connectivity index (χ3v) is 6.71. The highest BCUT2D eigenvalue weighted by Gasteiger charge is 2.51. The maximum Gasteiger partial charge on any atom is 0.150 e. The SMILES string of the molecule is O=Cc1ccc2c(c1)C1(c3ccccc3-c3ccccc31)c1cc(Br)ccc1-2. The molecule has 1 nitrogen and oxygen atoms in total. The van der Waals surface area contributed by atoms with Gasteiger partial charge in [-0.15, -0.1) is 0 Å². The normalized spacial score (nSPS) is 14.3. The van der Waals surface area contributed by atoms with Crippen molar-refractivity contribution in [2.75, 3.05) is 0 Å². The fraction of sp³-hybridized carbons (Fsp3) is 0.0385. The number of carbonyl (C=O) groups is 1. The Balaban J connectivity index is 1.87. The van der Waals surface area contributed by atoms with Crippen molar-refractivity contribution in [1.82, 2.24) is 0 Å². The molecule has 0 saturated heterocycles. The highest BCUT2D eigenvalue weighted by atomic mass is 79.9. The molecule has 28 heavy (non-hydrogen) atoms. The van der Waals surface area contributed by atoms with E-state index in [-0.39, 0.29) is 5.41 Å². The average Bonchev–Trinajstić information content (AvgIpc) is 3.20. The molecule has 2 aliphatic carbocycles. The number of halogens is 1. The lowest BCUT2D eigenvalue weighted by Crippen LogP contribution is -2.26. The first-order valence-corrected chi connectivity index (χ1v) is 10.1. The van der Waals surface area contributed by atoms with Crippen LogP contribution in [-0.2, 0) is 5.41 Å². The summed E-state index contributed by atoms with van der Waals surface area (Å²) in [4.78, 5) is 11.6. The maximum absolute atomic E-state index is 11.6. The van der Waals surface area contributed by atoms with Crippen molar-refractivity contribution >= 4 is 22.2 Å². The van der Waals surface area contributed by atoms with Gasteiger partial charge >= 0.3 is 0 Å². The number of hydrogen-bond acceptors (Lipinski definition) is 1. The standard InChI is InChI=1S/C26H15BrO/c27-17-10-12-21-20-11-9-16(15-28)13-24(20)26(25(21)14-17)22-7-3-1-5-18(22)19-6-2-4-8-23(19)26/h1-15H. The number of hydrogen-bond donors (Lipinski definition) is 0. The molecule has 0 amide bonds. The van der Waals surface area contributed by atoms with Crippen molar-refractivity contribution in [2.45, 2.75) is 5.41 Å². The lowest BCUT2D eigenvalue weighted by molar-refractivity contribution is 0.112. The van der Waals surface area contributed by atoms with Crippen LogP contribution in [0.4, 0.5) is 0 Å². The van der Waals surface area contributed by atoms with Crippen LogP contribution in [-0.4, -0.2) is 6.29 Å². The van der Waals surface area contributed by atoms with E-state index in [1.165, 1.54) is 44.5 Å². The van der Waals surface area contributed by atoms with Gasteiger partial charge in [-0.1, -0.05) is 82.7 Å². The first-order chi connectivity index (χ1) is 13.7. The van der Waals surface area contributed by atoms with E-state index in [0.717, 1.165) is 10.8 Å². The molecule has 6 rings (SSSR count). The van der Waals surface area contributed by atoms with E-state index in [4.69, 9.17) is 0 Å². The monoisotopic (exact) mass is 422 g/mol. The third kappa shape index (κ3) is 1.79. The van der Waals surface area contributed by atoms with Gasteiger partial charge in [-0.3, -0.25) is 4.79 Å². The van der Waals surface area contributed by atoms with Crippen molar-refractivity contribution in [3.05, 3.63) is 117 Å². The summed E-state index contributed by atoms with van der Waals surface area (Å²) in [5, 5.41) is 0. The Morgan fingerprint density at radius 1 is 0.607 bits per heavy atom. The van der Waals surface area contributed by atoms with Crippen LogP contribution in [0.3, 0.4) is 0 Å². The highest BCUT2D eigenvalue weighted by Crippen LogP contribution is 2.62. The summed E-state index contributed by atoms with van der Waals surface area (Å²) in [6, 6.07) is 30.0. The zero-order chi connectivity index (χ0) is 18.9. The van der Waals surface area contributed by atoms with Gasteiger partial charge in [0, 0.05) is 10.0 Å². The van der Waals surface area contributed by atoms with Crippen LogP contribution in [0.5, 0.6) is 0 Å².